The van der Waals surface area contributed by atoms with Crippen molar-refractivity contribution < 1.29 is 23.4 Å². The van der Waals surface area contributed by atoms with Gasteiger partial charge in [-0.05, 0) is 48.7 Å². The van der Waals surface area contributed by atoms with Crippen LogP contribution in [0, 0.1) is 6.92 Å². The lowest BCUT2D eigenvalue weighted by Gasteiger charge is -2.09. The molecule has 0 aliphatic heterocycles. The van der Waals surface area contributed by atoms with Crippen molar-refractivity contribution in [1.29, 1.82) is 0 Å². The minimum atomic E-state index is -4.46. The van der Waals surface area contributed by atoms with Crippen LogP contribution >= 0.6 is 0 Å². The molecule has 5 nitrogen and oxygen atoms in total. The maximum Gasteiger partial charge on any atom is 0.416 e. The Balaban J connectivity index is 2.13. The van der Waals surface area contributed by atoms with E-state index in [-0.39, 0.29) is 29.1 Å². The Hall–Kier alpha value is -2.61. The van der Waals surface area contributed by atoms with Crippen LogP contribution in [0.5, 0.6) is 5.75 Å². The molecule has 2 aromatic carbocycles. The number of fused-ring (bicyclic) bond motifs is 1. The van der Waals surface area contributed by atoms with Crippen LogP contribution in [-0.4, -0.2) is 31.8 Å². The lowest BCUT2D eigenvalue weighted by Crippen LogP contribution is -2.04. The van der Waals surface area contributed by atoms with E-state index >= 15 is 0 Å². The second kappa shape index (κ2) is 5.79. The summed E-state index contributed by atoms with van der Waals surface area (Å²) >= 11 is 0. The third kappa shape index (κ3) is 2.92. The zero-order valence-corrected chi connectivity index (χ0v) is 12.7. The molecule has 0 fully saturated rings. The summed E-state index contributed by atoms with van der Waals surface area (Å²) in [5.74, 6) is -0.0620. The quantitative estimate of drug-likeness (QED) is 0.771. The Morgan fingerprint density at radius 3 is 2.46 bits per heavy atom. The highest BCUT2D eigenvalue weighted by Gasteiger charge is 2.31. The lowest BCUT2D eigenvalue weighted by atomic mass is 10.1. The molecule has 0 radical (unpaired) electrons. The molecule has 3 rings (SSSR count). The average Bonchev–Trinajstić information content (AvgIpc) is 2.92. The number of phenolic OH excluding ortho intramolecular Hbond substituents is 1. The van der Waals surface area contributed by atoms with Crippen LogP contribution in [-0.2, 0) is 12.6 Å². The van der Waals surface area contributed by atoms with Crippen molar-refractivity contribution in [3.05, 3.63) is 47.0 Å². The molecule has 8 heteroatoms. The number of nitrogens with zero attached hydrogens (tertiary/aromatic N) is 3. The third-order valence-electron chi connectivity index (χ3n) is 3.66. The van der Waals surface area contributed by atoms with Gasteiger partial charge in [0.1, 0.15) is 22.5 Å². The number of aliphatic hydroxyl groups excluding tert-OH is 1. The van der Waals surface area contributed by atoms with Gasteiger partial charge in [-0.1, -0.05) is 6.07 Å². The monoisotopic (exact) mass is 337 g/mol. The highest BCUT2D eigenvalue weighted by atomic mass is 19.4. The summed E-state index contributed by atoms with van der Waals surface area (Å²) < 4.78 is 38.3. The Morgan fingerprint density at radius 2 is 1.79 bits per heavy atom. The molecule has 0 atom stereocenters. The summed E-state index contributed by atoms with van der Waals surface area (Å²) in [5.41, 5.74) is 1.13. The van der Waals surface area contributed by atoms with E-state index < -0.39 is 11.7 Å². The van der Waals surface area contributed by atoms with E-state index in [1.54, 1.807) is 19.1 Å². The molecular weight excluding hydrogens is 323 g/mol. The predicted molar refractivity (Wildman–Crippen MR) is 81.1 cm³/mol. The first-order chi connectivity index (χ1) is 11.3. The lowest BCUT2D eigenvalue weighted by molar-refractivity contribution is -0.137. The molecule has 0 aliphatic carbocycles. The van der Waals surface area contributed by atoms with E-state index in [1.807, 2.05) is 0 Å². The number of phenols is 1. The van der Waals surface area contributed by atoms with Gasteiger partial charge in [0.05, 0.1) is 5.56 Å². The number of hydrogen-bond donors (Lipinski definition) is 2. The summed E-state index contributed by atoms with van der Waals surface area (Å²) in [5, 5.41) is 27.4. The van der Waals surface area contributed by atoms with Crippen LogP contribution in [0.2, 0.25) is 0 Å². The Labute approximate surface area is 135 Å². The minimum Gasteiger partial charge on any atom is -0.505 e. The molecule has 0 amide bonds. The van der Waals surface area contributed by atoms with E-state index in [0.29, 0.717) is 12.0 Å². The van der Waals surface area contributed by atoms with Gasteiger partial charge < -0.3 is 10.2 Å². The van der Waals surface area contributed by atoms with Gasteiger partial charge in [-0.2, -0.15) is 13.2 Å². The number of benzene rings is 2. The van der Waals surface area contributed by atoms with Gasteiger partial charge in [0.2, 0.25) is 0 Å². The first-order valence-corrected chi connectivity index (χ1v) is 7.17. The molecule has 0 saturated carbocycles. The van der Waals surface area contributed by atoms with Crippen molar-refractivity contribution in [2.24, 2.45) is 0 Å². The number of aliphatic hydroxyl groups is 1. The zero-order chi connectivity index (χ0) is 17.5. The smallest absolute Gasteiger partial charge is 0.416 e. The summed E-state index contributed by atoms with van der Waals surface area (Å²) in [6.07, 6.45) is -4.08. The van der Waals surface area contributed by atoms with Crippen molar-refractivity contribution in [3.8, 4) is 11.4 Å². The fraction of sp³-hybridized carbons (Fsp3) is 0.250. The molecule has 0 bridgehead atoms. The second-order valence-electron chi connectivity index (χ2n) is 5.44. The van der Waals surface area contributed by atoms with Crippen molar-refractivity contribution in [3.63, 3.8) is 0 Å². The number of aromatic hydroxyl groups is 1. The Kier molecular flexibility index (Phi) is 3.92. The molecule has 1 heterocycles. The van der Waals surface area contributed by atoms with Crippen LogP contribution in [0.25, 0.3) is 16.7 Å². The molecule has 2 N–H and O–H groups in total. The highest BCUT2D eigenvalue weighted by molar-refractivity contribution is 5.75. The van der Waals surface area contributed by atoms with Crippen LogP contribution in [0.3, 0.4) is 0 Å². The van der Waals surface area contributed by atoms with Gasteiger partial charge in [-0.25, -0.2) is 0 Å². The van der Waals surface area contributed by atoms with Crippen LogP contribution in [0.1, 0.15) is 16.7 Å². The fourth-order valence-corrected chi connectivity index (χ4v) is 2.46. The number of aryl methyl sites for hydroxylation is 1. The average molecular weight is 337 g/mol. The first kappa shape index (κ1) is 16.3. The van der Waals surface area contributed by atoms with E-state index in [1.165, 1.54) is 6.07 Å². The third-order valence-corrected chi connectivity index (χ3v) is 3.66. The molecule has 0 spiro atoms. The molecular formula is C16H14F3N3O2. The molecule has 0 unspecified atom stereocenters. The molecule has 1 aromatic heterocycles. The van der Waals surface area contributed by atoms with Gasteiger partial charge in [0.15, 0.2) is 0 Å². The zero-order valence-electron chi connectivity index (χ0n) is 12.7. The number of alkyl halides is 3. The van der Waals surface area contributed by atoms with E-state index in [2.05, 4.69) is 10.2 Å². The van der Waals surface area contributed by atoms with Crippen molar-refractivity contribution in [1.82, 2.24) is 15.0 Å². The largest absolute Gasteiger partial charge is 0.505 e. The number of halogens is 3. The van der Waals surface area contributed by atoms with Gasteiger partial charge in [-0.15, -0.1) is 15.0 Å². The van der Waals surface area contributed by atoms with Crippen LogP contribution in [0.4, 0.5) is 13.2 Å². The van der Waals surface area contributed by atoms with E-state index in [4.69, 9.17) is 5.11 Å². The highest BCUT2D eigenvalue weighted by Crippen LogP contribution is 2.32. The fourth-order valence-electron chi connectivity index (χ4n) is 2.46. The number of rotatable bonds is 3. The summed E-state index contributed by atoms with van der Waals surface area (Å²) in [6, 6.07) is 6.42. The minimum absolute atomic E-state index is 0.0620. The standard InChI is InChI=1S/C16H14F3N3O2/c1-9-6-10(4-5-23)7-14(15(9)24)22-20-12-3-2-11(16(17,18)19)8-13(12)21-22/h2-3,6-8,23-24H,4-5H2,1H3. The van der Waals surface area contributed by atoms with Crippen molar-refractivity contribution in [2.75, 3.05) is 6.61 Å². The van der Waals surface area contributed by atoms with Crippen molar-refractivity contribution in [2.45, 2.75) is 19.5 Å². The number of hydrogen-bond acceptors (Lipinski definition) is 4. The van der Waals surface area contributed by atoms with Gasteiger partial charge in [0.25, 0.3) is 0 Å². The number of aromatic nitrogens is 3. The predicted octanol–water partition coefficient (Wildman–Crippen LogP) is 2.99. The topological polar surface area (TPSA) is 71.2 Å². The van der Waals surface area contributed by atoms with Gasteiger partial charge in [-0.3, -0.25) is 0 Å². The molecule has 126 valence electrons. The van der Waals surface area contributed by atoms with E-state index in [9.17, 15) is 18.3 Å². The maximum absolute atomic E-state index is 12.8. The Bertz CT molecular complexity index is 903. The normalized spacial score (nSPS) is 12.0. The molecule has 24 heavy (non-hydrogen) atoms. The second-order valence-corrected chi connectivity index (χ2v) is 5.44. The first-order valence-electron chi connectivity index (χ1n) is 7.17. The van der Waals surface area contributed by atoms with Gasteiger partial charge in [0, 0.05) is 6.61 Å². The molecule has 0 saturated heterocycles. The van der Waals surface area contributed by atoms with Crippen LogP contribution < -0.4 is 0 Å². The van der Waals surface area contributed by atoms with Crippen LogP contribution in [0.15, 0.2) is 30.3 Å². The summed E-state index contributed by atoms with van der Waals surface area (Å²) in [7, 11) is 0. The SMILES string of the molecule is Cc1cc(CCO)cc(-n2nc3ccc(C(F)(F)F)cc3n2)c1O. The molecule has 0 aliphatic rings. The Morgan fingerprint density at radius 1 is 1.08 bits per heavy atom. The summed E-state index contributed by atoms with van der Waals surface area (Å²) in [6.45, 7) is 1.62. The van der Waals surface area contributed by atoms with Gasteiger partial charge >= 0.3 is 6.18 Å². The maximum atomic E-state index is 12.8. The molecule has 3 aromatic rings. The van der Waals surface area contributed by atoms with Crippen molar-refractivity contribution >= 4 is 11.0 Å². The summed E-state index contributed by atoms with van der Waals surface area (Å²) in [4.78, 5) is 1.11. The van der Waals surface area contributed by atoms with E-state index in [0.717, 1.165) is 22.5 Å².